The van der Waals surface area contributed by atoms with Crippen molar-refractivity contribution in [1.29, 1.82) is 0 Å². The summed E-state index contributed by atoms with van der Waals surface area (Å²) in [6.07, 6.45) is 4.41. The van der Waals surface area contributed by atoms with Gasteiger partial charge in [0.05, 0.1) is 11.8 Å². The van der Waals surface area contributed by atoms with Crippen LogP contribution in [0.5, 0.6) is 0 Å². The molecule has 2 rings (SSSR count). The van der Waals surface area contributed by atoms with Gasteiger partial charge in [0.15, 0.2) is 0 Å². The second kappa shape index (κ2) is 5.75. The zero-order valence-electron chi connectivity index (χ0n) is 11.1. The fourth-order valence-corrected chi connectivity index (χ4v) is 2.78. The first-order chi connectivity index (χ1) is 9.49. The van der Waals surface area contributed by atoms with E-state index >= 15 is 0 Å². The number of carbonyl (C=O) groups excluding carboxylic acids is 2. The number of carbonyl (C=O) groups is 2. The molecule has 0 spiro atoms. The van der Waals surface area contributed by atoms with Crippen LogP contribution in [0.3, 0.4) is 0 Å². The van der Waals surface area contributed by atoms with Gasteiger partial charge in [-0.1, -0.05) is 0 Å². The Kier molecular flexibility index (Phi) is 4.05. The van der Waals surface area contributed by atoms with Crippen molar-refractivity contribution in [3.8, 4) is 0 Å². The second-order valence-electron chi connectivity index (χ2n) is 4.19. The summed E-state index contributed by atoms with van der Waals surface area (Å²) < 4.78 is 5.08. The van der Waals surface area contributed by atoms with Crippen molar-refractivity contribution in [1.82, 2.24) is 0 Å². The molecule has 5 nitrogen and oxygen atoms in total. The van der Waals surface area contributed by atoms with E-state index in [0.29, 0.717) is 16.3 Å². The van der Waals surface area contributed by atoms with Gasteiger partial charge in [-0.25, -0.2) is 0 Å². The van der Waals surface area contributed by atoms with Gasteiger partial charge in [0.1, 0.15) is 10.8 Å². The van der Waals surface area contributed by atoms with Crippen LogP contribution in [0.2, 0.25) is 0 Å². The molecule has 6 heteroatoms. The number of nitrogens with one attached hydrogen (secondary N) is 1. The van der Waals surface area contributed by atoms with Crippen LogP contribution < -0.4 is 11.1 Å². The van der Waals surface area contributed by atoms with Gasteiger partial charge in [-0.2, -0.15) is 0 Å². The Bertz CT molecular complexity index is 669. The maximum absolute atomic E-state index is 11.8. The Morgan fingerprint density at radius 2 is 2.15 bits per heavy atom. The van der Waals surface area contributed by atoms with E-state index in [-0.39, 0.29) is 5.91 Å². The molecule has 0 bridgehead atoms. The highest BCUT2D eigenvalue weighted by Gasteiger charge is 2.18. The van der Waals surface area contributed by atoms with Gasteiger partial charge in [-0.3, -0.25) is 9.59 Å². The summed E-state index contributed by atoms with van der Waals surface area (Å²) >= 11 is 1.33. The lowest BCUT2D eigenvalue weighted by Gasteiger charge is -2.01. The lowest BCUT2D eigenvalue weighted by atomic mass is 10.1. The van der Waals surface area contributed by atoms with Crippen LogP contribution in [0.4, 0.5) is 5.00 Å². The molecule has 0 saturated heterocycles. The van der Waals surface area contributed by atoms with Crippen LogP contribution in [0, 0.1) is 13.8 Å². The van der Waals surface area contributed by atoms with Crippen molar-refractivity contribution in [3.05, 3.63) is 46.2 Å². The quantitative estimate of drug-likeness (QED) is 0.849. The number of primary amides is 1. The molecular weight excluding hydrogens is 276 g/mol. The summed E-state index contributed by atoms with van der Waals surface area (Å²) in [7, 11) is 0. The van der Waals surface area contributed by atoms with E-state index in [4.69, 9.17) is 10.2 Å². The monoisotopic (exact) mass is 290 g/mol. The number of nitrogens with two attached hydrogens (primary N) is 1. The summed E-state index contributed by atoms with van der Waals surface area (Å²) in [6.45, 7) is 3.68. The molecule has 3 N–H and O–H groups in total. The first-order valence-corrected chi connectivity index (χ1v) is 6.73. The number of anilines is 1. The number of hydrogen-bond acceptors (Lipinski definition) is 4. The number of aryl methyl sites for hydroxylation is 1. The van der Waals surface area contributed by atoms with Crippen molar-refractivity contribution < 1.29 is 14.0 Å². The SMILES string of the molecule is Cc1sc(NC(=O)C=Cc2ccco2)c(C(N)=O)c1C. The molecule has 104 valence electrons. The fraction of sp³-hybridized carbons (Fsp3) is 0.143. The van der Waals surface area contributed by atoms with E-state index in [1.165, 1.54) is 23.7 Å². The molecule has 0 atom stereocenters. The molecule has 0 radical (unpaired) electrons. The lowest BCUT2D eigenvalue weighted by Crippen LogP contribution is -2.16. The molecule has 0 unspecified atom stereocenters. The molecule has 0 fully saturated rings. The van der Waals surface area contributed by atoms with E-state index in [1.54, 1.807) is 25.1 Å². The fourth-order valence-electron chi connectivity index (χ4n) is 1.71. The van der Waals surface area contributed by atoms with Gasteiger partial charge in [0, 0.05) is 11.0 Å². The molecule has 0 saturated carbocycles. The first-order valence-electron chi connectivity index (χ1n) is 5.91. The molecule has 2 amide bonds. The topological polar surface area (TPSA) is 85.3 Å². The van der Waals surface area contributed by atoms with Crippen LogP contribution in [0.15, 0.2) is 28.9 Å². The molecule has 0 aliphatic rings. The maximum Gasteiger partial charge on any atom is 0.251 e. The standard InChI is InChI=1S/C14H14N2O3S/c1-8-9(2)20-14(12(8)13(15)18)16-11(17)6-5-10-4-3-7-19-10/h3-7H,1-2H3,(H2,15,18)(H,16,17). The van der Waals surface area contributed by atoms with Crippen LogP contribution >= 0.6 is 11.3 Å². The van der Waals surface area contributed by atoms with Crippen molar-refractivity contribution in [2.24, 2.45) is 5.73 Å². The second-order valence-corrected chi connectivity index (χ2v) is 5.41. The molecule has 2 heterocycles. The van der Waals surface area contributed by atoms with Crippen LogP contribution in [-0.4, -0.2) is 11.8 Å². The molecule has 0 aliphatic carbocycles. The van der Waals surface area contributed by atoms with Gasteiger partial charge < -0.3 is 15.5 Å². The minimum atomic E-state index is -0.544. The number of hydrogen-bond donors (Lipinski definition) is 2. The molecule has 20 heavy (non-hydrogen) atoms. The van der Waals surface area contributed by atoms with Gasteiger partial charge >= 0.3 is 0 Å². The molecule has 2 aromatic heterocycles. The van der Waals surface area contributed by atoms with Crippen molar-refractivity contribution >= 4 is 34.2 Å². The highest BCUT2D eigenvalue weighted by Crippen LogP contribution is 2.31. The minimum Gasteiger partial charge on any atom is -0.465 e. The highest BCUT2D eigenvalue weighted by molar-refractivity contribution is 7.16. The Morgan fingerprint density at radius 1 is 1.40 bits per heavy atom. The minimum absolute atomic E-state index is 0.342. The summed E-state index contributed by atoms with van der Waals surface area (Å²) in [4.78, 5) is 24.2. The molecular formula is C14H14N2O3S. The first kappa shape index (κ1) is 14.1. The molecule has 0 aromatic carbocycles. The average Bonchev–Trinajstić information content (AvgIpc) is 2.96. The number of thiophene rings is 1. The smallest absolute Gasteiger partial charge is 0.251 e. The third-order valence-corrected chi connectivity index (χ3v) is 3.93. The number of rotatable bonds is 4. The van der Waals surface area contributed by atoms with Crippen LogP contribution in [-0.2, 0) is 4.79 Å². The average molecular weight is 290 g/mol. The zero-order chi connectivity index (χ0) is 14.7. The number of amides is 2. The largest absolute Gasteiger partial charge is 0.465 e. The molecule has 2 aromatic rings. The van der Waals surface area contributed by atoms with Gasteiger partial charge in [-0.15, -0.1) is 11.3 Å². The Morgan fingerprint density at radius 3 is 2.75 bits per heavy atom. The van der Waals surface area contributed by atoms with Crippen molar-refractivity contribution in [2.75, 3.05) is 5.32 Å². The summed E-state index contributed by atoms with van der Waals surface area (Å²) in [5, 5.41) is 3.14. The summed E-state index contributed by atoms with van der Waals surface area (Å²) in [5.41, 5.74) is 6.51. The summed E-state index contributed by atoms with van der Waals surface area (Å²) in [5.74, 6) is -0.309. The van der Waals surface area contributed by atoms with Crippen LogP contribution in [0.25, 0.3) is 6.08 Å². The van der Waals surface area contributed by atoms with Gasteiger partial charge in [-0.05, 0) is 37.6 Å². The van der Waals surface area contributed by atoms with Gasteiger partial charge in [0.2, 0.25) is 5.91 Å². The predicted molar refractivity (Wildman–Crippen MR) is 78.7 cm³/mol. The Balaban J connectivity index is 2.16. The maximum atomic E-state index is 11.8. The summed E-state index contributed by atoms with van der Waals surface area (Å²) in [6, 6.07) is 3.47. The third kappa shape index (κ3) is 2.97. The van der Waals surface area contributed by atoms with E-state index in [2.05, 4.69) is 5.32 Å². The van der Waals surface area contributed by atoms with Gasteiger partial charge in [0.25, 0.3) is 5.91 Å². The van der Waals surface area contributed by atoms with E-state index < -0.39 is 5.91 Å². The predicted octanol–water partition coefficient (Wildman–Crippen LogP) is 2.71. The Labute approximate surface area is 120 Å². The normalized spacial score (nSPS) is 10.9. The van der Waals surface area contributed by atoms with E-state index in [0.717, 1.165) is 10.4 Å². The molecule has 0 aliphatic heterocycles. The van der Waals surface area contributed by atoms with E-state index in [9.17, 15) is 9.59 Å². The van der Waals surface area contributed by atoms with Crippen molar-refractivity contribution in [2.45, 2.75) is 13.8 Å². The Hall–Kier alpha value is -2.34. The zero-order valence-corrected chi connectivity index (χ0v) is 11.9. The highest BCUT2D eigenvalue weighted by atomic mass is 32.1. The lowest BCUT2D eigenvalue weighted by molar-refractivity contribution is -0.111. The van der Waals surface area contributed by atoms with E-state index in [1.807, 2.05) is 6.92 Å². The number of furan rings is 1. The van der Waals surface area contributed by atoms with Crippen LogP contribution in [0.1, 0.15) is 26.6 Å². The third-order valence-electron chi connectivity index (χ3n) is 2.81. The van der Waals surface area contributed by atoms with Crippen molar-refractivity contribution in [3.63, 3.8) is 0 Å².